The summed E-state index contributed by atoms with van der Waals surface area (Å²) in [5, 5.41) is 0. The first-order chi connectivity index (χ1) is 6.27. The summed E-state index contributed by atoms with van der Waals surface area (Å²) in [5.41, 5.74) is -0.238. The van der Waals surface area contributed by atoms with Gasteiger partial charge in [0.05, 0.1) is 6.61 Å². The van der Waals surface area contributed by atoms with E-state index in [4.69, 9.17) is 4.74 Å². The van der Waals surface area contributed by atoms with Crippen molar-refractivity contribution in [3.8, 4) is 0 Å². The van der Waals surface area contributed by atoms with Crippen molar-refractivity contribution in [2.45, 2.75) is 41.0 Å². The Kier molecular flexibility index (Phi) is 3.05. The Morgan fingerprint density at radius 2 is 1.79 bits per heavy atom. The lowest BCUT2D eigenvalue weighted by atomic mass is 9.64. The van der Waals surface area contributed by atoms with Crippen LogP contribution in [0.1, 0.15) is 41.0 Å². The molecule has 0 aromatic carbocycles. The van der Waals surface area contributed by atoms with Crippen LogP contribution in [0, 0.1) is 16.7 Å². The third-order valence-corrected chi connectivity index (χ3v) is 3.79. The Morgan fingerprint density at radius 1 is 1.21 bits per heavy atom. The fraction of sp³-hybridized carbons (Fsp3) is 0.917. The minimum absolute atomic E-state index is 0.0205. The van der Waals surface area contributed by atoms with Gasteiger partial charge in [0.15, 0.2) is 0 Å². The second-order valence-electron chi connectivity index (χ2n) is 5.80. The Labute approximate surface area is 87.0 Å². The summed E-state index contributed by atoms with van der Waals surface area (Å²) in [7, 11) is 0. The molecule has 0 spiro atoms. The predicted octanol–water partition coefficient (Wildman–Crippen LogP) is 2.66. The highest BCUT2D eigenvalue weighted by molar-refractivity contribution is 5.87. The molecule has 0 aliphatic carbocycles. The molecule has 1 fully saturated rings. The molecule has 1 aliphatic rings. The van der Waals surface area contributed by atoms with Gasteiger partial charge in [0.2, 0.25) is 0 Å². The van der Waals surface area contributed by atoms with Gasteiger partial charge in [-0.3, -0.25) is 4.79 Å². The predicted molar refractivity (Wildman–Crippen MR) is 57.2 cm³/mol. The van der Waals surface area contributed by atoms with Gasteiger partial charge in [-0.1, -0.05) is 34.6 Å². The quantitative estimate of drug-likeness (QED) is 0.682. The van der Waals surface area contributed by atoms with E-state index in [2.05, 4.69) is 20.8 Å². The van der Waals surface area contributed by atoms with Gasteiger partial charge >= 0.3 is 0 Å². The minimum atomic E-state index is -0.259. The van der Waals surface area contributed by atoms with Crippen LogP contribution < -0.4 is 0 Å². The number of rotatable bonds is 2. The molecule has 0 aromatic heterocycles. The number of ether oxygens (including phenoxy) is 1. The minimum Gasteiger partial charge on any atom is -0.381 e. The molecule has 1 rings (SSSR count). The van der Waals surface area contributed by atoms with Crippen molar-refractivity contribution in [3.05, 3.63) is 0 Å². The van der Waals surface area contributed by atoms with E-state index in [-0.39, 0.29) is 16.7 Å². The zero-order chi connectivity index (χ0) is 11.0. The second-order valence-corrected chi connectivity index (χ2v) is 5.80. The highest BCUT2D eigenvalue weighted by Crippen LogP contribution is 2.41. The molecule has 82 valence electrons. The van der Waals surface area contributed by atoms with Gasteiger partial charge < -0.3 is 4.74 Å². The van der Waals surface area contributed by atoms with Crippen molar-refractivity contribution >= 4 is 5.78 Å². The number of carbonyl (C=O) groups excluding carboxylic acids is 1. The number of Topliss-reactive ketones (excluding diaryl/α,β-unsaturated/α-hetero) is 1. The average molecular weight is 198 g/mol. The summed E-state index contributed by atoms with van der Waals surface area (Å²) in [6.45, 7) is 11.8. The maximum Gasteiger partial charge on any atom is 0.144 e. The Morgan fingerprint density at radius 3 is 2.14 bits per heavy atom. The lowest BCUT2D eigenvalue weighted by Gasteiger charge is -2.38. The molecule has 0 N–H and O–H groups in total. The fourth-order valence-corrected chi connectivity index (χ4v) is 1.62. The van der Waals surface area contributed by atoms with Gasteiger partial charge in [0, 0.05) is 17.9 Å². The molecular formula is C12H22O2. The summed E-state index contributed by atoms with van der Waals surface area (Å²) in [6, 6.07) is 0. The van der Waals surface area contributed by atoms with Gasteiger partial charge in [-0.05, 0) is 11.8 Å². The van der Waals surface area contributed by atoms with Crippen molar-refractivity contribution < 1.29 is 9.53 Å². The fourth-order valence-electron chi connectivity index (χ4n) is 1.62. The number of hydrogen-bond acceptors (Lipinski definition) is 2. The zero-order valence-electron chi connectivity index (χ0n) is 10.0. The van der Waals surface area contributed by atoms with Gasteiger partial charge in [-0.2, -0.15) is 0 Å². The van der Waals surface area contributed by atoms with Crippen LogP contribution in [0.2, 0.25) is 0 Å². The molecule has 0 saturated carbocycles. The molecule has 2 nitrogen and oxygen atoms in total. The Balaban J connectivity index is 2.76. The Bertz CT molecular complexity index is 217. The van der Waals surface area contributed by atoms with E-state index in [1.54, 1.807) is 0 Å². The summed E-state index contributed by atoms with van der Waals surface area (Å²) >= 11 is 0. The molecule has 1 heterocycles. The van der Waals surface area contributed by atoms with E-state index in [0.717, 1.165) is 13.0 Å². The van der Waals surface area contributed by atoms with Gasteiger partial charge in [-0.15, -0.1) is 0 Å². The summed E-state index contributed by atoms with van der Waals surface area (Å²) in [6.07, 6.45) is 0.901. The molecule has 0 radical (unpaired) electrons. The largest absolute Gasteiger partial charge is 0.381 e. The first kappa shape index (κ1) is 11.7. The molecule has 0 amide bonds. The van der Waals surface area contributed by atoms with E-state index in [1.165, 1.54) is 0 Å². The van der Waals surface area contributed by atoms with Crippen molar-refractivity contribution in [3.63, 3.8) is 0 Å². The molecule has 1 aliphatic heterocycles. The van der Waals surface area contributed by atoms with Crippen molar-refractivity contribution in [2.75, 3.05) is 13.2 Å². The average Bonchev–Trinajstić information content (AvgIpc) is 2.52. The van der Waals surface area contributed by atoms with Crippen LogP contribution in [-0.2, 0) is 9.53 Å². The van der Waals surface area contributed by atoms with Crippen molar-refractivity contribution in [1.29, 1.82) is 0 Å². The summed E-state index contributed by atoms with van der Waals surface area (Å²) in [4.78, 5) is 12.2. The van der Waals surface area contributed by atoms with Crippen molar-refractivity contribution in [1.82, 2.24) is 0 Å². The lowest BCUT2D eigenvalue weighted by molar-refractivity contribution is -0.136. The topological polar surface area (TPSA) is 26.3 Å². The molecule has 14 heavy (non-hydrogen) atoms. The normalized spacial score (nSPS) is 23.9. The standard InChI is InChI=1S/C12H22O2/c1-11(2,3)12(4,5)10(13)9-6-7-14-8-9/h9H,6-8H2,1-5H3. The highest BCUT2D eigenvalue weighted by Gasteiger charge is 2.43. The first-order valence-electron chi connectivity index (χ1n) is 5.39. The first-order valence-corrected chi connectivity index (χ1v) is 5.39. The maximum absolute atomic E-state index is 12.2. The molecule has 1 unspecified atom stereocenters. The third kappa shape index (κ3) is 2.00. The lowest BCUT2D eigenvalue weighted by Crippen LogP contribution is -2.41. The zero-order valence-corrected chi connectivity index (χ0v) is 10.0. The third-order valence-electron chi connectivity index (χ3n) is 3.79. The number of ketones is 1. The molecule has 1 saturated heterocycles. The van der Waals surface area contributed by atoms with Gasteiger partial charge in [0.1, 0.15) is 5.78 Å². The number of hydrogen-bond donors (Lipinski definition) is 0. The Hall–Kier alpha value is -0.370. The monoisotopic (exact) mass is 198 g/mol. The van der Waals surface area contributed by atoms with Crippen LogP contribution in [-0.4, -0.2) is 19.0 Å². The van der Waals surface area contributed by atoms with Crippen molar-refractivity contribution in [2.24, 2.45) is 16.7 Å². The molecule has 0 bridgehead atoms. The van der Waals surface area contributed by atoms with E-state index in [9.17, 15) is 4.79 Å². The van der Waals surface area contributed by atoms with Crippen LogP contribution in [0.4, 0.5) is 0 Å². The second kappa shape index (κ2) is 3.65. The van der Waals surface area contributed by atoms with Crippen LogP contribution in [0.15, 0.2) is 0 Å². The van der Waals surface area contributed by atoms with E-state index < -0.39 is 0 Å². The summed E-state index contributed by atoms with van der Waals surface area (Å²) < 4.78 is 5.27. The van der Waals surface area contributed by atoms with Crippen LogP contribution in [0.25, 0.3) is 0 Å². The molecular weight excluding hydrogens is 176 g/mol. The van der Waals surface area contributed by atoms with E-state index in [1.807, 2.05) is 13.8 Å². The SMILES string of the molecule is CC(C)(C)C(C)(C)C(=O)C1CCOC1. The highest BCUT2D eigenvalue weighted by atomic mass is 16.5. The molecule has 0 aromatic rings. The molecule has 1 atom stereocenters. The van der Waals surface area contributed by atoms with Gasteiger partial charge in [0.25, 0.3) is 0 Å². The van der Waals surface area contributed by atoms with Crippen LogP contribution in [0.5, 0.6) is 0 Å². The van der Waals surface area contributed by atoms with E-state index >= 15 is 0 Å². The molecule has 2 heteroatoms. The maximum atomic E-state index is 12.2. The van der Waals surface area contributed by atoms with E-state index in [0.29, 0.717) is 12.4 Å². The van der Waals surface area contributed by atoms with Crippen LogP contribution >= 0.6 is 0 Å². The summed E-state index contributed by atoms with van der Waals surface area (Å²) in [5.74, 6) is 0.492. The smallest absolute Gasteiger partial charge is 0.144 e. The number of carbonyl (C=O) groups is 1. The van der Waals surface area contributed by atoms with Crippen LogP contribution in [0.3, 0.4) is 0 Å². The van der Waals surface area contributed by atoms with Gasteiger partial charge in [-0.25, -0.2) is 0 Å².